The number of anilines is 1. The molecule has 22 heavy (non-hydrogen) atoms. The summed E-state index contributed by atoms with van der Waals surface area (Å²) in [5.41, 5.74) is 1.25. The van der Waals surface area contributed by atoms with Gasteiger partial charge >= 0.3 is 0 Å². The van der Waals surface area contributed by atoms with Gasteiger partial charge in [0.1, 0.15) is 5.69 Å². The molecule has 0 bridgehead atoms. The second kappa shape index (κ2) is 7.34. The van der Waals surface area contributed by atoms with Gasteiger partial charge in [0.15, 0.2) is 5.15 Å². The number of pyridine rings is 1. The largest absolute Gasteiger partial charge is 0.295 e. The van der Waals surface area contributed by atoms with Gasteiger partial charge in [-0.2, -0.15) is 16.9 Å². The van der Waals surface area contributed by atoms with Crippen LogP contribution >= 0.6 is 23.4 Å². The van der Waals surface area contributed by atoms with Crippen molar-refractivity contribution in [1.82, 2.24) is 14.8 Å². The van der Waals surface area contributed by atoms with E-state index in [4.69, 9.17) is 18.0 Å². The van der Waals surface area contributed by atoms with Crippen LogP contribution in [0.15, 0.2) is 30.7 Å². The maximum atomic E-state index is 12.5. The number of carbonyl (C=O) groups excluding carboxylic acids is 1. The first kappa shape index (κ1) is 16.4. The Hall–Kier alpha value is -1.97. The predicted molar refractivity (Wildman–Crippen MR) is 90.5 cm³/mol. The topological polar surface area (TPSA) is 51.0 Å². The SMILES string of the molecule is C#CCN(C(=O)C(C)SC)c1cn(-c2cccnc2)nc1Cl. The van der Waals surface area contributed by atoms with Crippen molar-refractivity contribution in [3.8, 4) is 18.0 Å². The molecule has 0 aromatic carbocycles. The highest BCUT2D eigenvalue weighted by Crippen LogP contribution is 2.27. The summed E-state index contributed by atoms with van der Waals surface area (Å²) in [6, 6.07) is 3.64. The highest BCUT2D eigenvalue weighted by Gasteiger charge is 2.24. The number of aromatic nitrogens is 3. The van der Waals surface area contributed by atoms with Gasteiger partial charge in [-0.15, -0.1) is 6.42 Å². The Morgan fingerprint density at radius 1 is 1.64 bits per heavy atom. The summed E-state index contributed by atoms with van der Waals surface area (Å²) in [7, 11) is 0. The molecule has 1 atom stereocenters. The molecule has 0 saturated carbocycles. The number of hydrogen-bond acceptors (Lipinski definition) is 4. The molecule has 0 N–H and O–H groups in total. The van der Waals surface area contributed by atoms with Crippen LogP contribution in [0.1, 0.15) is 6.92 Å². The molecule has 5 nitrogen and oxygen atoms in total. The Labute approximate surface area is 138 Å². The van der Waals surface area contributed by atoms with Crippen LogP contribution in [0.4, 0.5) is 5.69 Å². The summed E-state index contributed by atoms with van der Waals surface area (Å²) < 4.78 is 1.57. The van der Waals surface area contributed by atoms with Gasteiger partial charge in [0.25, 0.3) is 0 Å². The molecule has 2 heterocycles. The number of carbonyl (C=O) groups is 1. The van der Waals surface area contributed by atoms with Crippen molar-refractivity contribution >= 4 is 35.0 Å². The molecular weight excluding hydrogens is 320 g/mol. The Morgan fingerprint density at radius 3 is 3.00 bits per heavy atom. The van der Waals surface area contributed by atoms with Crippen molar-refractivity contribution in [1.29, 1.82) is 0 Å². The fraction of sp³-hybridized carbons (Fsp3) is 0.267. The van der Waals surface area contributed by atoms with Crippen LogP contribution in [0.5, 0.6) is 0 Å². The number of terminal acetylenes is 1. The number of thioether (sulfide) groups is 1. The summed E-state index contributed by atoms with van der Waals surface area (Å²) in [4.78, 5) is 18.0. The summed E-state index contributed by atoms with van der Waals surface area (Å²) in [5.74, 6) is 2.39. The Kier molecular flexibility index (Phi) is 5.47. The minimum absolute atomic E-state index is 0.0990. The Morgan fingerprint density at radius 2 is 2.41 bits per heavy atom. The maximum Gasteiger partial charge on any atom is 0.240 e. The first-order valence-corrected chi connectivity index (χ1v) is 8.18. The number of nitrogens with zero attached hydrogens (tertiary/aromatic N) is 4. The fourth-order valence-corrected chi connectivity index (χ4v) is 2.40. The van der Waals surface area contributed by atoms with E-state index in [9.17, 15) is 4.79 Å². The lowest BCUT2D eigenvalue weighted by atomic mass is 10.3. The molecule has 7 heteroatoms. The van der Waals surface area contributed by atoms with E-state index in [1.165, 1.54) is 16.7 Å². The summed E-state index contributed by atoms with van der Waals surface area (Å²) in [6.45, 7) is 1.97. The number of rotatable bonds is 5. The van der Waals surface area contributed by atoms with E-state index in [2.05, 4.69) is 16.0 Å². The van der Waals surface area contributed by atoms with Crippen molar-refractivity contribution in [3.05, 3.63) is 35.9 Å². The molecule has 2 aromatic rings. The second-order valence-electron chi connectivity index (χ2n) is 4.47. The lowest BCUT2D eigenvalue weighted by molar-refractivity contribution is -0.117. The van der Waals surface area contributed by atoms with Gasteiger partial charge in [-0.3, -0.25) is 14.7 Å². The molecule has 0 aliphatic carbocycles. The molecule has 0 fully saturated rings. The minimum atomic E-state index is -0.217. The smallest absolute Gasteiger partial charge is 0.240 e. The van der Waals surface area contributed by atoms with Crippen molar-refractivity contribution in [2.45, 2.75) is 12.2 Å². The van der Waals surface area contributed by atoms with Crippen LogP contribution in [-0.4, -0.2) is 38.7 Å². The third-order valence-electron chi connectivity index (χ3n) is 3.07. The lowest BCUT2D eigenvalue weighted by Gasteiger charge is -2.21. The number of halogens is 1. The highest BCUT2D eigenvalue weighted by atomic mass is 35.5. The van der Waals surface area contributed by atoms with E-state index in [1.54, 1.807) is 29.3 Å². The Balaban J connectivity index is 2.39. The zero-order valence-electron chi connectivity index (χ0n) is 12.2. The summed E-state index contributed by atoms with van der Waals surface area (Å²) in [6.07, 6.45) is 12.3. The molecule has 114 valence electrons. The number of amides is 1. The normalized spacial score (nSPS) is 11.7. The van der Waals surface area contributed by atoms with E-state index in [-0.39, 0.29) is 22.9 Å². The summed E-state index contributed by atoms with van der Waals surface area (Å²) >= 11 is 7.65. The van der Waals surface area contributed by atoms with Crippen molar-refractivity contribution < 1.29 is 4.79 Å². The monoisotopic (exact) mass is 334 g/mol. The van der Waals surface area contributed by atoms with Crippen molar-refractivity contribution in [2.75, 3.05) is 17.7 Å². The zero-order valence-corrected chi connectivity index (χ0v) is 13.8. The van der Waals surface area contributed by atoms with Gasteiger partial charge in [-0.05, 0) is 25.3 Å². The van der Waals surface area contributed by atoms with Crippen molar-refractivity contribution in [3.63, 3.8) is 0 Å². The van der Waals surface area contributed by atoms with Crippen LogP contribution < -0.4 is 4.90 Å². The molecule has 1 amide bonds. The van der Waals surface area contributed by atoms with E-state index < -0.39 is 0 Å². The third kappa shape index (κ3) is 3.43. The molecule has 1 unspecified atom stereocenters. The van der Waals surface area contributed by atoms with Gasteiger partial charge in [0, 0.05) is 6.20 Å². The highest BCUT2D eigenvalue weighted by molar-refractivity contribution is 7.99. The first-order valence-electron chi connectivity index (χ1n) is 6.51. The molecule has 2 rings (SSSR count). The first-order chi connectivity index (χ1) is 10.6. The molecule has 0 aliphatic heterocycles. The van der Waals surface area contributed by atoms with E-state index >= 15 is 0 Å². The Bertz CT molecular complexity index is 695. The lowest BCUT2D eigenvalue weighted by Crippen LogP contribution is -2.36. The van der Waals surface area contributed by atoms with Crippen LogP contribution in [0.25, 0.3) is 5.69 Å². The molecular formula is C15H15ClN4OS. The standard InChI is InChI=1S/C15H15ClN4OS/c1-4-8-19(15(21)11(2)22-3)13-10-20(18-14(13)16)12-6-5-7-17-9-12/h1,5-7,9-11H,8H2,2-3H3. The minimum Gasteiger partial charge on any atom is -0.295 e. The van der Waals surface area contributed by atoms with Gasteiger partial charge in [0.2, 0.25) is 5.91 Å². The van der Waals surface area contributed by atoms with E-state index in [0.717, 1.165) is 5.69 Å². The van der Waals surface area contributed by atoms with Crippen LogP contribution in [0.3, 0.4) is 0 Å². The molecule has 0 spiro atoms. The van der Waals surface area contributed by atoms with Gasteiger partial charge in [0.05, 0.1) is 29.9 Å². The molecule has 0 aliphatic rings. The van der Waals surface area contributed by atoms with Crippen LogP contribution in [-0.2, 0) is 4.79 Å². The quantitative estimate of drug-likeness (QED) is 0.789. The molecule has 0 saturated heterocycles. The maximum absolute atomic E-state index is 12.5. The average molecular weight is 335 g/mol. The predicted octanol–water partition coefficient (Wildman–Crippen LogP) is 2.64. The van der Waals surface area contributed by atoms with Gasteiger partial charge < -0.3 is 0 Å². The third-order valence-corrected chi connectivity index (χ3v) is 4.25. The molecule has 0 radical (unpaired) electrons. The number of hydrogen-bond donors (Lipinski definition) is 0. The van der Waals surface area contributed by atoms with E-state index in [0.29, 0.717) is 5.69 Å². The average Bonchev–Trinajstić information content (AvgIpc) is 2.93. The zero-order chi connectivity index (χ0) is 16.1. The molecule has 2 aromatic heterocycles. The van der Waals surface area contributed by atoms with Gasteiger partial charge in [-0.25, -0.2) is 4.68 Å². The van der Waals surface area contributed by atoms with Crippen LogP contribution in [0.2, 0.25) is 5.15 Å². The van der Waals surface area contributed by atoms with Crippen molar-refractivity contribution in [2.24, 2.45) is 0 Å². The van der Waals surface area contributed by atoms with Crippen LogP contribution in [0, 0.1) is 12.3 Å². The summed E-state index contributed by atoms with van der Waals surface area (Å²) in [5, 5.41) is 4.23. The fourth-order valence-electron chi connectivity index (χ4n) is 1.84. The van der Waals surface area contributed by atoms with E-state index in [1.807, 2.05) is 19.2 Å². The van der Waals surface area contributed by atoms with Gasteiger partial charge in [-0.1, -0.05) is 17.5 Å². The second-order valence-corrected chi connectivity index (χ2v) is 6.00.